The van der Waals surface area contributed by atoms with Crippen LogP contribution in [0, 0.1) is 5.92 Å². The Labute approximate surface area is 184 Å². The van der Waals surface area contributed by atoms with E-state index < -0.39 is 0 Å². The van der Waals surface area contributed by atoms with E-state index in [4.69, 9.17) is 9.47 Å². The Bertz CT molecular complexity index is 978. The quantitative estimate of drug-likeness (QED) is 0.645. The summed E-state index contributed by atoms with van der Waals surface area (Å²) >= 11 is 3.49. The number of amides is 2. The van der Waals surface area contributed by atoms with Crippen molar-refractivity contribution in [1.29, 1.82) is 0 Å². The van der Waals surface area contributed by atoms with Crippen LogP contribution in [0.25, 0.3) is 0 Å². The van der Waals surface area contributed by atoms with Gasteiger partial charge in [0.25, 0.3) is 0 Å². The van der Waals surface area contributed by atoms with E-state index in [0.717, 1.165) is 22.1 Å². The third-order valence-corrected chi connectivity index (χ3v) is 6.38. The monoisotopic (exact) mass is 472 g/mol. The van der Waals surface area contributed by atoms with Gasteiger partial charge in [-0.2, -0.15) is 0 Å². The van der Waals surface area contributed by atoms with Gasteiger partial charge in [-0.1, -0.05) is 22.0 Å². The summed E-state index contributed by atoms with van der Waals surface area (Å²) < 4.78 is 11.6. The lowest BCUT2D eigenvalue weighted by molar-refractivity contribution is -0.128. The maximum atomic E-state index is 13.1. The molecule has 2 aliphatic rings. The Morgan fingerprint density at radius 1 is 1.13 bits per heavy atom. The summed E-state index contributed by atoms with van der Waals surface area (Å²) in [4.78, 5) is 29.3. The Balaban J connectivity index is 1.38. The van der Waals surface area contributed by atoms with Crippen molar-refractivity contribution in [2.75, 3.05) is 38.8 Å². The molecule has 7 heteroatoms. The highest BCUT2D eigenvalue weighted by molar-refractivity contribution is 9.10. The number of ether oxygens (including phenoxy) is 2. The van der Waals surface area contributed by atoms with E-state index in [-0.39, 0.29) is 24.2 Å². The molecule has 1 atom stereocenters. The molecule has 2 aromatic carbocycles. The summed E-state index contributed by atoms with van der Waals surface area (Å²) in [5.41, 5.74) is 3.21. The van der Waals surface area contributed by atoms with Crippen molar-refractivity contribution < 1.29 is 19.1 Å². The zero-order valence-electron chi connectivity index (χ0n) is 17.2. The maximum Gasteiger partial charge on any atom is 0.232 e. The number of methoxy groups -OCH3 is 2. The Hall–Kier alpha value is -2.54. The van der Waals surface area contributed by atoms with Crippen molar-refractivity contribution in [3.05, 3.63) is 52.0 Å². The summed E-state index contributed by atoms with van der Waals surface area (Å²) in [5.74, 6) is 1.18. The maximum absolute atomic E-state index is 13.1. The van der Waals surface area contributed by atoms with E-state index in [1.54, 1.807) is 19.1 Å². The van der Waals surface area contributed by atoms with Gasteiger partial charge in [0, 0.05) is 36.2 Å². The van der Waals surface area contributed by atoms with Crippen LogP contribution in [0.15, 0.2) is 40.9 Å². The molecule has 4 rings (SSSR count). The van der Waals surface area contributed by atoms with E-state index >= 15 is 0 Å². The van der Waals surface area contributed by atoms with Crippen LogP contribution in [-0.2, 0) is 22.4 Å². The average Bonchev–Trinajstić information content (AvgIpc) is 3.34. The number of halogens is 1. The van der Waals surface area contributed by atoms with Gasteiger partial charge >= 0.3 is 0 Å². The first kappa shape index (κ1) is 20.7. The molecular weight excluding hydrogens is 448 g/mol. The van der Waals surface area contributed by atoms with Crippen LogP contribution in [0.1, 0.15) is 17.5 Å². The molecule has 6 nitrogen and oxygen atoms in total. The highest BCUT2D eigenvalue weighted by Crippen LogP contribution is 2.33. The molecule has 158 valence electrons. The Morgan fingerprint density at radius 2 is 1.93 bits per heavy atom. The van der Waals surface area contributed by atoms with Crippen LogP contribution in [0.2, 0.25) is 0 Å². The largest absolute Gasteiger partial charge is 0.493 e. The summed E-state index contributed by atoms with van der Waals surface area (Å²) in [6, 6.07) is 11.8. The number of nitrogens with zero attached hydrogens (tertiary/aromatic N) is 2. The molecule has 2 heterocycles. The number of hydrogen-bond donors (Lipinski definition) is 0. The van der Waals surface area contributed by atoms with Crippen molar-refractivity contribution >= 4 is 33.4 Å². The molecule has 0 spiro atoms. The van der Waals surface area contributed by atoms with Crippen molar-refractivity contribution in [2.24, 2.45) is 5.92 Å². The molecule has 30 heavy (non-hydrogen) atoms. The van der Waals surface area contributed by atoms with Crippen molar-refractivity contribution in [1.82, 2.24) is 4.90 Å². The molecule has 0 saturated carbocycles. The fraction of sp³-hybridized carbons (Fsp3) is 0.391. The molecule has 2 aromatic rings. The minimum Gasteiger partial charge on any atom is -0.493 e. The third kappa shape index (κ3) is 4.03. The van der Waals surface area contributed by atoms with E-state index in [0.29, 0.717) is 37.6 Å². The minimum atomic E-state index is -0.280. The van der Waals surface area contributed by atoms with Gasteiger partial charge in [-0.05, 0) is 54.3 Å². The van der Waals surface area contributed by atoms with Crippen molar-refractivity contribution in [3.63, 3.8) is 0 Å². The summed E-state index contributed by atoms with van der Waals surface area (Å²) in [5, 5.41) is 0. The van der Waals surface area contributed by atoms with Crippen LogP contribution in [0.3, 0.4) is 0 Å². The molecule has 1 fully saturated rings. The molecule has 0 aliphatic carbocycles. The highest BCUT2D eigenvalue weighted by atomic mass is 79.9. The third-order valence-electron chi connectivity index (χ3n) is 5.89. The number of likely N-dealkylation sites (tertiary alicyclic amines) is 1. The topological polar surface area (TPSA) is 59.1 Å². The number of hydrogen-bond acceptors (Lipinski definition) is 4. The van der Waals surface area contributed by atoms with E-state index in [1.165, 1.54) is 5.56 Å². The number of benzene rings is 2. The zero-order valence-corrected chi connectivity index (χ0v) is 18.8. The second-order valence-electron chi connectivity index (χ2n) is 7.69. The van der Waals surface area contributed by atoms with Gasteiger partial charge in [0.2, 0.25) is 11.8 Å². The van der Waals surface area contributed by atoms with Crippen LogP contribution in [-0.4, -0.2) is 50.6 Å². The fourth-order valence-corrected chi connectivity index (χ4v) is 4.68. The molecule has 1 saturated heterocycles. The number of anilines is 1. The van der Waals surface area contributed by atoms with Gasteiger partial charge in [-0.3, -0.25) is 9.59 Å². The van der Waals surface area contributed by atoms with Crippen LogP contribution in [0.4, 0.5) is 5.69 Å². The van der Waals surface area contributed by atoms with E-state index in [1.807, 2.05) is 35.2 Å². The predicted octanol–water partition coefficient (Wildman–Crippen LogP) is 3.45. The van der Waals surface area contributed by atoms with E-state index in [2.05, 4.69) is 22.0 Å². The highest BCUT2D eigenvalue weighted by Gasteiger charge is 2.38. The van der Waals surface area contributed by atoms with Crippen LogP contribution < -0.4 is 14.4 Å². The van der Waals surface area contributed by atoms with Gasteiger partial charge in [-0.25, -0.2) is 0 Å². The van der Waals surface area contributed by atoms with Crippen LogP contribution >= 0.6 is 15.9 Å². The van der Waals surface area contributed by atoms with Gasteiger partial charge in [0.15, 0.2) is 11.5 Å². The first-order chi connectivity index (χ1) is 14.5. The van der Waals surface area contributed by atoms with Crippen molar-refractivity contribution in [2.45, 2.75) is 19.3 Å². The van der Waals surface area contributed by atoms with Gasteiger partial charge < -0.3 is 19.3 Å². The molecule has 2 amide bonds. The molecule has 0 radical (unpaired) electrons. The second-order valence-corrected chi connectivity index (χ2v) is 8.61. The molecule has 2 aliphatic heterocycles. The lowest BCUT2D eigenvalue weighted by atomic mass is 10.1. The van der Waals surface area contributed by atoms with Gasteiger partial charge in [0.05, 0.1) is 20.1 Å². The normalized spacial score (nSPS) is 18.0. The molecule has 0 aromatic heterocycles. The minimum absolute atomic E-state index is 0.0454. The van der Waals surface area contributed by atoms with Gasteiger partial charge in [-0.15, -0.1) is 0 Å². The Kier molecular flexibility index (Phi) is 5.99. The van der Waals surface area contributed by atoms with Gasteiger partial charge in [0.1, 0.15) is 0 Å². The standard InChI is InChI=1S/C23H25BrN2O4/c1-29-20-6-3-15(11-21(20)30-2)7-9-25-14-17(13-22(25)27)23(28)26-10-8-16-12-18(24)4-5-19(16)26/h3-6,11-12,17H,7-10,13-14H2,1-2H3. The summed E-state index contributed by atoms with van der Waals surface area (Å²) in [6.07, 6.45) is 1.84. The average molecular weight is 473 g/mol. The number of rotatable bonds is 6. The number of fused-ring (bicyclic) bond motifs is 1. The summed E-state index contributed by atoms with van der Waals surface area (Å²) in [6.45, 7) is 1.75. The van der Waals surface area contributed by atoms with E-state index in [9.17, 15) is 9.59 Å². The SMILES string of the molecule is COc1ccc(CCN2CC(C(=O)N3CCc4cc(Br)ccc43)CC2=O)cc1OC. The Morgan fingerprint density at radius 3 is 2.70 bits per heavy atom. The fourth-order valence-electron chi connectivity index (χ4n) is 4.27. The number of carbonyl (C=O) groups excluding carboxylic acids is 2. The number of carbonyl (C=O) groups is 2. The molecular formula is C23H25BrN2O4. The first-order valence-corrected chi connectivity index (χ1v) is 10.9. The smallest absolute Gasteiger partial charge is 0.232 e. The zero-order chi connectivity index (χ0) is 21.3. The second kappa shape index (κ2) is 8.68. The van der Waals surface area contributed by atoms with Crippen molar-refractivity contribution in [3.8, 4) is 11.5 Å². The predicted molar refractivity (Wildman–Crippen MR) is 118 cm³/mol. The lowest BCUT2D eigenvalue weighted by Gasteiger charge is -2.22. The summed E-state index contributed by atoms with van der Waals surface area (Å²) in [7, 11) is 3.21. The lowest BCUT2D eigenvalue weighted by Crippen LogP contribution is -2.36. The van der Waals surface area contributed by atoms with Crippen LogP contribution in [0.5, 0.6) is 11.5 Å². The first-order valence-electron chi connectivity index (χ1n) is 10.1. The molecule has 0 bridgehead atoms. The molecule has 1 unspecified atom stereocenters. The molecule has 0 N–H and O–H groups in total.